The summed E-state index contributed by atoms with van der Waals surface area (Å²) in [5.41, 5.74) is 2.43. The van der Waals surface area contributed by atoms with Crippen molar-refractivity contribution in [1.29, 1.82) is 0 Å². The molecule has 0 unspecified atom stereocenters. The number of sulfonamides is 1. The summed E-state index contributed by atoms with van der Waals surface area (Å²) in [6.45, 7) is 2.12. The van der Waals surface area contributed by atoms with Crippen molar-refractivity contribution in [3.63, 3.8) is 0 Å². The van der Waals surface area contributed by atoms with Crippen LogP contribution in [0.15, 0.2) is 23.1 Å². The zero-order valence-corrected chi connectivity index (χ0v) is 15.9. The van der Waals surface area contributed by atoms with Crippen LogP contribution in [-0.4, -0.2) is 47.7 Å². The summed E-state index contributed by atoms with van der Waals surface area (Å²) in [6.07, 6.45) is 4.66. The normalized spacial score (nSPS) is 23.9. The molecule has 1 N–H and O–H groups in total. The molecular formula is C18H24N4O3S. The molecule has 4 rings (SSSR count). The van der Waals surface area contributed by atoms with Crippen molar-refractivity contribution in [2.24, 2.45) is 0 Å². The minimum atomic E-state index is -3.64. The molecule has 1 saturated heterocycles. The van der Waals surface area contributed by atoms with E-state index in [0.717, 1.165) is 24.8 Å². The van der Waals surface area contributed by atoms with Crippen LogP contribution in [0.1, 0.15) is 48.1 Å². The number of aromatic amines is 1. The van der Waals surface area contributed by atoms with Crippen molar-refractivity contribution in [3.05, 3.63) is 41.0 Å². The number of hydrogen-bond donors (Lipinski definition) is 1. The van der Waals surface area contributed by atoms with E-state index < -0.39 is 16.1 Å². The van der Waals surface area contributed by atoms with Crippen molar-refractivity contribution < 1.29 is 13.2 Å². The summed E-state index contributed by atoms with van der Waals surface area (Å²) >= 11 is 0. The number of aromatic nitrogens is 3. The minimum absolute atomic E-state index is 0.161. The zero-order valence-electron chi connectivity index (χ0n) is 15.1. The fourth-order valence-corrected chi connectivity index (χ4v) is 5.63. The molecule has 1 aliphatic carbocycles. The van der Waals surface area contributed by atoms with Crippen LogP contribution in [0.4, 0.5) is 0 Å². The lowest BCUT2D eigenvalue weighted by molar-refractivity contribution is 0.114. The number of nitrogens with one attached hydrogen (secondary N) is 1. The molecule has 0 spiro atoms. The molecule has 0 amide bonds. The van der Waals surface area contributed by atoms with Crippen LogP contribution >= 0.6 is 0 Å². The predicted octanol–water partition coefficient (Wildman–Crippen LogP) is 2.14. The van der Waals surface area contributed by atoms with Gasteiger partial charge >= 0.3 is 0 Å². The first-order chi connectivity index (χ1) is 12.5. The van der Waals surface area contributed by atoms with Crippen LogP contribution in [0.5, 0.6) is 0 Å². The van der Waals surface area contributed by atoms with Gasteiger partial charge in [-0.15, -0.1) is 0 Å². The summed E-state index contributed by atoms with van der Waals surface area (Å²) in [6, 6.07) is 5.15. The van der Waals surface area contributed by atoms with Gasteiger partial charge in [0.05, 0.1) is 17.0 Å². The molecule has 8 heteroatoms. The smallest absolute Gasteiger partial charge is 0.243 e. The molecule has 2 heterocycles. The third-order valence-corrected chi connectivity index (χ3v) is 7.26. The number of methoxy groups -OCH3 is 1. The lowest BCUT2D eigenvalue weighted by Crippen LogP contribution is -2.32. The number of aryl methyl sites for hydroxylation is 3. The van der Waals surface area contributed by atoms with Crippen molar-refractivity contribution in [2.75, 3.05) is 13.7 Å². The fourth-order valence-electron chi connectivity index (χ4n) is 3.95. The number of nitrogens with zero attached hydrogens (tertiary/aromatic N) is 3. The molecule has 26 heavy (non-hydrogen) atoms. The largest absolute Gasteiger partial charge is 0.380 e. The van der Waals surface area contributed by atoms with E-state index in [4.69, 9.17) is 4.74 Å². The Morgan fingerprint density at radius 1 is 1.23 bits per heavy atom. The summed E-state index contributed by atoms with van der Waals surface area (Å²) < 4.78 is 33.7. The van der Waals surface area contributed by atoms with Crippen LogP contribution < -0.4 is 0 Å². The highest BCUT2D eigenvalue weighted by Crippen LogP contribution is 2.37. The van der Waals surface area contributed by atoms with Crippen molar-refractivity contribution in [2.45, 2.75) is 56.1 Å². The topological polar surface area (TPSA) is 88.2 Å². The van der Waals surface area contributed by atoms with E-state index in [9.17, 15) is 8.42 Å². The quantitative estimate of drug-likeness (QED) is 0.883. The highest BCUT2D eigenvalue weighted by molar-refractivity contribution is 7.89. The van der Waals surface area contributed by atoms with Gasteiger partial charge in [-0.2, -0.15) is 9.40 Å². The van der Waals surface area contributed by atoms with E-state index in [-0.39, 0.29) is 6.10 Å². The molecule has 1 aromatic carbocycles. The predicted molar refractivity (Wildman–Crippen MR) is 96.3 cm³/mol. The first-order valence-corrected chi connectivity index (χ1v) is 10.5. The van der Waals surface area contributed by atoms with Crippen LogP contribution in [0.3, 0.4) is 0 Å². The summed E-state index contributed by atoms with van der Waals surface area (Å²) in [4.78, 5) is 4.71. The number of rotatable bonds is 4. The molecule has 140 valence electrons. The van der Waals surface area contributed by atoms with Gasteiger partial charge in [-0.25, -0.2) is 13.4 Å². The Kier molecular flexibility index (Phi) is 4.58. The van der Waals surface area contributed by atoms with Gasteiger partial charge < -0.3 is 4.74 Å². The number of ether oxygens (including phenoxy) is 1. The summed E-state index contributed by atoms with van der Waals surface area (Å²) in [5, 5.41) is 7.00. The van der Waals surface area contributed by atoms with Gasteiger partial charge in [-0.3, -0.25) is 5.10 Å². The van der Waals surface area contributed by atoms with Crippen LogP contribution in [0.25, 0.3) is 0 Å². The Morgan fingerprint density at radius 3 is 2.69 bits per heavy atom. The molecule has 0 radical (unpaired) electrons. The Bertz CT molecular complexity index is 909. The third-order valence-electron chi connectivity index (χ3n) is 5.39. The Labute approximate surface area is 153 Å². The fraction of sp³-hybridized carbons (Fsp3) is 0.556. The molecule has 0 bridgehead atoms. The molecule has 2 aliphatic rings. The molecule has 0 saturated carbocycles. The van der Waals surface area contributed by atoms with Gasteiger partial charge in [0.15, 0.2) is 5.82 Å². The average Bonchev–Trinajstić information content (AvgIpc) is 3.27. The molecule has 2 aromatic rings. The van der Waals surface area contributed by atoms with Gasteiger partial charge in [0, 0.05) is 13.7 Å². The Morgan fingerprint density at radius 2 is 2.00 bits per heavy atom. The Hall–Kier alpha value is -1.77. The highest BCUT2D eigenvalue weighted by atomic mass is 32.2. The first-order valence-electron chi connectivity index (χ1n) is 9.04. The van der Waals surface area contributed by atoms with Gasteiger partial charge in [0.2, 0.25) is 10.0 Å². The highest BCUT2D eigenvalue weighted by Gasteiger charge is 2.43. The van der Waals surface area contributed by atoms with Crippen molar-refractivity contribution in [1.82, 2.24) is 19.5 Å². The van der Waals surface area contributed by atoms with Crippen molar-refractivity contribution in [3.8, 4) is 0 Å². The first kappa shape index (κ1) is 17.6. The number of fused-ring (bicyclic) bond motifs is 1. The average molecular weight is 376 g/mol. The second-order valence-electron chi connectivity index (χ2n) is 7.10. The minimum Gasteiger partial charge on any atom is -0.380 e. The van der Waals surface area contributed by atoms with E-state index in [1.54, 1.807) is 13.2 Å². The van der Waals surface area contributed by atoms with Crippen LogP contribution in [0.2, 0.25) is 0 Å². The SMILES string of the molecule is CO[C@H]1C[C@@H](c2n[nH]c(C)n2)N(S(=O)(=O)c2ccc3c(c2)CCCC3)C1. The standard InChI is InChI=1S/C18H24N4O3S/c1-12-19-18(21-20-12)17-10-15(25-2)11-22(17)26(23,24)16-8-7-13-5-3-4-6-14(13)9-16/h7-9,15,17H,3-6,10-11H2,1-2H3,(H,19,20,21)/t15-,17-/m0/s1. The van der Waals surface area contributed by atoms with E-state index in [1.807, 2.05) is 19.1 Å². The second kappa shape index (κ2) is 6.75. The van der Waals surface area contributed by atoms with Gasteiger partial charge in [-0.1, -0.05) is 6.07 Å². The maximum Gasteiger partial charge on any atom is 0.243 e. The maximum atomic E-state index is 13.4. The van der Waals surface area contributed by atoms with E-state index in [2.05, 4.69) is 15.2 Å². The monoisotopic (exact) mass is 376 g/mol. The van der Waals surface area contributed by atoms with Gasteiger partial charge in [0.25, 0.3) is 0 Å². The molecule has 1 aliphatic heterocycles. The summed E-state index contributed by atoms with van der Waals surface area (Å²) in [7, 11) is -2.03. The lowest BCUT2D eigenvalue weighted by Gasteiger charge is -2.23. The summed E-state index contributed by atoms with van der Waals surface area (Å²) in [5.74, 6) is 1.18. The molecule has 1 fully saturated rings. The lowest BCUT2D eigenvalue weighted by atomic mass is 9.92. The third kappa shape index (κ3) is 3.06. The van der Waals surface area contributed by atoms with Crippen LogP contribution in [0, 0.1) is 6.92 Å². The van der Waals surface area contributed by atoms with E-state index >= 15 is 0 Å². The Balaban J connectivity index is 1.71. The molecule has 1 aromatic heterocycles. The van der Waals surface area contributed by atoms with E-state index in [1.165, 1.54) is 16.3 Å². The van der Waals surface area contributed by atoms with Crippen LogP contribution in [-0.2, 0) is 27.6 Å². The van der Waals surface area contributed by atoms with Gasteiger partial charge in [-0.05, 0) is 62.3 Å². The number of hydrogen-bond acceptors (Lipinski definition) is 5. The molecule has 2 atom stereocenters. The molecular weight excluding hydrogens is 352 g/mol. The maximum absolute atomic E-state index is 13.4. The van der Waals surface area contributed by atoms with Crippen molar-refractivity contribution >= 4 is 10.0 Å². The van der Waals surface area contributed by atoms with Gasteiger partial charge in [0.1, 0.15) is 5.82 Å². The molecule has 7 nitrogen and oxygen atoms in total. The zero-order chi connectivity index (χ0) is 18.3. The van der Waals surface area contributed by atoms with E-state index in [0.29, 0.717) is 29.5 Å². The number of benzene rings is 1. The number of H-pyrrole nitrogens is 1. The second-order valence-corrected chi connectivity index (χ2v) is 8.99.